The largest absolute Gasteiger partial charge is 0.394 e. The molecule has 0 radical (unpaired) electrons. The maximum Gasteiger partial charge on any atom is 0.225 e. The Morgan fingerprint density at radius 2 is 1.71 bits per heavy atom. The summed E-state index contributed by atoms with van der Waals surface area (Å²) in [5.41, 5.74) is 4.18. The van der Waals surface area contributed by atoms with Crippen molar-refractivity contribution in [3.05, 3.63) is 66.0 Å². The third-order valence-electron chi connectivity index (χ3n) is 4.61. The lowest BCUT2D eigenvalue weighted by molar-refractivity contribution is 0.248. The number of benzene rings is 1. The summed E-state index contributed by atoms with van der Waals surface area (Å²) in [7, 11) is 0. The van der Waals surface area contributed by atoms with Gasteiger partial charge in [-0.3, -0.25) is 4.98 Å². The van der Waals surface area contributed by atoms with Gasteiger partial charge >= 0.3 is 0 Å². The van der Waals surface area contributed by atoms with Gasteiger partial charge in [-0.05, 0) is 30.5 Å². The third kappa shape index (κ3) is 5.27. The van der Waals surface area contributed by atoms with Gasteiger partial charge < -0.3 is 15.7 Å². The van der Waals surface area contributed by atoms with Crippen molar-refractivity contribution in [1.29, 1.82) is 0 Å². The van der Waals surface area contributed by atoms with Crippen LogP contribution in [0.25, 0.3) is 11.3 Å². The standard InChI is InChI=1S/C22H27N5O/c1-15(2)20(14-28)26-22-25-19(18-8-10-23-11-9-18)12-21(27-22)24-13-17-6-4-16(3)5-7-17/h4-12,15,20,28H,13-14H2,1-3H3,(H2,24,25,26,27)/t20-/m0/s1. The minimum absolute atomic E-state index is 0.0205. The molecule has 0 aliphatic carbocycles. The minimum Gasteiger partial charge on any atom is -0.394 e. The highest BCUT2D eigenvalue weighted by Crippen LogP contribution is 2.22. The van der Waals surface area contributed by atoms with Gasteiger partial charge in [-0.1, -0.05) is 43.7 Å². The highest BCUT2D eigenvalue weighted by atomic mass is 16.3. The van der Waals surface area contributed by atoms with Crippen LogP contribution < -0.4 is 10.6 Å². The molecule has 0 unspecified atom stereocenters. The Bertz CT molecular complexity index is 881. The molecule has 0 bridgehead atoms. The lowest BCUT2D eigenvalue weighted by atomic mass is 10.1. The fourth-order valence-corrected chi connectivity index (χ4v) is 2.76. The number of aliphatic hydroxyl groups is 1. The molecule has 0 saturated heterocycles. The number of nitrogens with one attached hydrogen (secondary N) is 2. The average Bonchev–Trinajstić information content (AvgIpc) is 2.72. The van der Waals surface area contributed by atoms with Gasteiger partial charge in [0.25, 0.3) is 0 Å². The predicted octanol–water partition coefficient (Wildman–Crippen LogP) is 3.89. The van der Waals surface area contributed by atoms with Crippen LogP contribution in [-0.2, 0) is 6.54 Å². The topological polar surface area (TPSA) is 83.0 Å². The van der Waals surface area contributed by atoms with Crippen LogP contribution in [0.3, 0.4) is 0 Å². The molecule has 0 aliphatic heterocycles. The first kappa shape index (κ1) is 19.8. The first-order valence-corrected chi connectivity index (χ1v) is 9.51. The van der Waals surface area contributed by atoms with Crippen molar-refractivity contribution in [2.45, 2.75) is 33.4 Å². The Morgan fingerprint density at radius 1 is 1.00 bits per heavy atom. The van der Waals surface area contributed by atoms with E-state index in [0.29, 0.717) is 12.5 Å². The van der Waals surface area contributed by atoms with Crippen molar-refractivity contribution < 1.29 is 5.11 Å². The molecule has 0 spiro atoms. The third-order valence-corrected chi connectivity index (χ3v) is 4.61. The van der Waals surface area contributed by atoms with Crippen LogP contribution in [0.2, 0.25) is 0 Å². The van der Waals surface area contributed by atoms with Crippen molar-refractivity contribution in [3.63, 3.8) is 0 Å². The quantitative estimate of drug-likeness (QED) is 0.552. The average molecular weight is 377 g/mol. The van der Waals surface area contributed by atoms with Gasteiger partial charge in [0.05, 0.1) is 18.3 Å². The smallest absolute Gasteiger partial charge is 0.225 e. The molecule has 1 aromatic carbocycles. The van der Waals surface area contributed by atoms with Crippen LogP contribution in [0.5, 0.6) is 0 Å². The lowest BCUT2D eigenvalue weighted by Gasteiger charge is -2.20. The zero-order valence-corrected chi connectivity index (χ0v) is 16.6. The molecule has 6 nitrogen and oxygen atoms in total. The Labute approximate surface area is 166 Å². The zero-order chi connectivity index (χ0) is 19.9. The van der Waals surface area contributed by atoms with E-state index in [0.717, 1.165) is 17.1 Å². The van der Waals surface area contributed by atoms with E-state index in [-0.39, 0.29) is 18.6 Å². The molecule has 3 rings (SSSR count). The van der Waals surface area contributed by atoms with E-state index in [1.54, 1.807) is 12.4 Å². The Morgan fingerprint density at radius 3 is 2.36 bits per heavy atom. The summed E-state index contributed by atoms with van der Waals surface area (Å²) in [5.74, 6) is 1.47. The number of hydrogen-bond donors (Lipinski definition) is 3. The maximum atomic E-state index is 9.65. The number of anilines is 2. The summed E-state index contributed by atoms with van der Waals surface area (Å²) < 4.78 is 0. The Hall–Kier alpha value is -2.99. The second kappa shape index (κ2) is 9.28. The fraction of sp³-hybridized carbons (Fsp3) is 0.318. The molecule has 0 fully saturated rings. The monoisotopic (exact) mass is 377 g/mol. The second-order valence-electron chi connectivity index (χ2n) is 7.21. The molecule has 0 aliphatic rings. The first-order chi connectivity index (χ1) is 13.5. The van der Waals surface area contributed by atoms with Crippen LogP contribution >= 0.6 is 0 Å². The number of pyridine rings is 1. The number of aliphatic hydroxyl groups excluding tert-OH is 1. The number of hydrogen-bond acceptors (Lipinski definition) is 6. The van der Waals surface area contributed by atoms with Gasteiger partial charge in [-0.15, -0.1) is 0 Å². The van der Waals surface area contributed by atoms with Gasteiger partial charge in [0, 0.05) is 30.6 Å². The van der Waals surface area contributed by atoms with Gasteiger partial charge in [-0.25, -0.2) is 4.98 Å². The highest BCUT2D eigenvalue weighted by Gasteiger charge is 2.15. The molecule has 0 amide bonds. The van der Waals surface area contributed by atoms with Gasteiger partial charge in [0.15, 0.2) is 0 Å². The van der Waals surface area contributed by atoms with Crippen molar-refractivity contribution in [1.82, 2.24) is 15.0 Å². The van der Waals surface area contributed by atoms with Crippen molar-refractivity contribution in [3.8, 4) is 11.3 Å². The zero-order valence-electron chi connectivity index (χ0n) is 16.6. The molecular weight excluding hydrogens is 350 g/mol. The normalized spacial score (nSPS) is 12.0. The molecule has 2 heterocycles. The Balaban J connectivity index is 1.87. The SMILES string of the molecule is Cc1ccc(CNc2cc(-c3ccncc3)nc(N[C@@H](CO)C(C)C)n2)cc1. The maximum absolute atomic E-state index is 9.65. The number of nitrogens with zero attached hydrogens (tertiary/aromatic N) is 3. The van der Waals surface area contributed by atoms with E-state index in [2.05, 4.69) is 70.6 Å². The molecule has 3 aromatic rings. The molecule has 1 atom stereocenters. The van der Waals surface area contributed by atoms with Crippen LogP contribution in [0.4, 0.5) is 11.8 Å². The van der Waals surface area contributed by atoms with Crippen LogP contribution in [0.15, 0.2) is 54.9 Å². The fourth-order valence-electron chi connectivity index (χ4n) is 2.76. The summed E-state index contributed by atoms with van der Waals surface area (Å²) in [6, 6.07) is 14.1. The van der Waals surface area contributed by atoms with E-state index >= 15 is 0 Å². The lowest BCUT2D eigenvalue weighted by Crippen LogP contribution is -2.30. The first-order valence-electron chi connectivity index (χ1n) is 9.51. The van der Waals surface area contributed by atoms with E-state index in [1.165, 1.54) is 11.1 Å². The van der Waals surface area contributed by atoms with E-state index < -0.39 is 0 Å². The molecule has 3 N–H and O–H groups in total. The second-order valence-corrected chi connectivity index (χ2v) is 7.21. The Kier molecular flexibility index (Phi) is 6.55. The summed E-state index contributed by atoms with van der Waals surface area (Å²) in [6.45, 7) is 6.87. The van der Waals surface area contributed by atoms with Gasteiger partial charge in [0.2, 0.25) is 5.95 Å². The van der Waals surface area contributed by atoms with Crippen LogP contribution in [0.1, 0.15) is 25.0 Å². The number of aryl methyl sites for hydroxylation is 1. The van der Waals surface area contributed by atoms with Crippen molar-refractivity contribution >= 4 is 11.8 Å². The van der Waals surface area contributed by atoms with E-state index in [9.17, 15) is 5.11 Å². The summed E-state index contributed by atoms with van der Waals surface area (Å²) in [4.78, 5) is 13.3. The molecular formula is C22H27N5O. The van der Waals surface area contributed by atoms with E-state index in [1.807, 2.05) is 18.2 Å². The van der Waals surface area contributed by atoms with Crippen molar-refractivity contribution in [2.75, 3.05) is 17.2 Å². The van der Waals surface area contributed by atoms with Crippen molar-refractivity contribution in [2.24, 2.45) is 5.92 Å². The number of aromatic nitrogens is 3. The molecule has 6 heteroatoms. The summed E-state index contributed by atoms with van der Waals surface area (Å²) >= 11 is 0. The van der Waals surface area contributed by atoms with Gasteiger partial charge in [0.1, 0.15) is 5.82 Å². The van der Waals surface area contributed by atoms with Crippen LogP contribution in [-0.4, -0.2) is 32.7 Å². The van der Waals surface area contributed by atoms with E-state index in [4.69, 9.17) is 0 Å². The molecule has 146 valence electrons. The molecule has 28 heavy (non-hydrogen) atoms. The molecule has 2 aromatic heterocycles. The summed E-state index contributed by atoms with van der Waals surface area (Å²) in [5, 5.41) is 16.3. The number of rotatable bonds is 8. The van der Waals surface area contributed by atoms with Gasteiger partial charge in [-0.2, -0.15) is 4.98 Å². The predicted molar refractivity (Wildman–Crippen MR) is 113 cm³/mol. The highest BCUT2D eigenvalue weighted by molar-refractivity contribution is 5.64. The van der Waals surface area contributed by atoms with Crippen LogP contribution in [0, 0.1) is 12.8 Å². The summed E-state index contributed by atoms with van der Waals surface area (Å²) in [6.07, 6.45) is 3.49. The minimum atomic E-state index is -0.113. The molecule has 0 saturated carbocycles.